The van der Waals surface area contributed by atoms with Crippen LogP contribution in [-0.2, 0) is 18.0 Å². The van der Waals surface area contributed by atoms with Gasteiger partial charge in [-0.1, -0.05) is 32.6 Å². The number of nitrogens with zero attached hydrogens (tertiary/aromatic N) is 7. The summed E-state index contributed by atoms with van der Waals surface area (Å²) in [6.45, 7) is 12.7. The SMILES string of the molecule is [C-]#[N+]c1ccc2c(n1)c(N1C[C@@H](CC)N(C(C(=O)N3CC[C@H](O)C3)c3ccc(C(F)(F)F)cc3)C[C@@H]1CC)nc(=O)n2C. The number of rotatable bonds is 6. The monoisotopic (exact) mass is 597 g/mol. The molecule has 1 amide bonds. The highest BCUT2D eigenvalue weighted by molar-refractivity contribution is 5.88. The standard InChI is InChI=1S/C30H34F3N7O3/c1-5-20-16-40(27-25-23(37(4)29(43)36-27)11-12-24(34-3)35-25)21(6-2)15-39(20)26(28(42)38-14-13-22(41)17-38)18-7-9-19(10-8-18)30(31,32)33/h7-12,20-22,26,41H,5-6,13-17H2,1-2,4H3/t20-,21+,22+,26?/m1/s1. The summed E-state index contributed by atoms with van der Waals surface area (Å²) in [5, 5.41) is 10.1. The van der Waals surface area contributed by atoms with E-state index in [1.54, 1.807) is 24.1 Å². The first-order chi connectivity index (χ1) is 20.5. The maximum atomic E-state index is 14.1. The Morgan fingerprint density at radius 2 is 1.77 bits per heavy atom. The predicted octanol–water partition coefficient (Wildman–Crippen LogP) is 3.91. The molecule has 1 unspecified atom stereocenters. The zero-order valence-corrected chi connectivity index (χ0v) is 24.3. The Balaban J connectivity index is 1.57. The molecular formula is C30H34F3N7O3. The molecule has 4 atom stereocenters. The summed E-state index contributed by atoms with van der Waals surface area (Å²) < 4.78 is 41.5. The number of carbonyl (C=O) groups excluding carboxylic acids is 1. The van der Waals surface area contributed by atoms with Crippen LogP contribution >= 0.6 is 0 Å². The lowest BCUT2D eigenvalue weighted by molar-refractivity contribution is -0.138. The molecule has 2 aliphatic rings. The summed E-state index contributed by atoms with van der Waals surface area (Å²) in [4.78, 5) is 44.9. The maximum Gasteiger partial charge on any atom is 0.416 e. The van der Waals surface area contributed by atoms with Gasteiger partial charge in [0.25, 0.3) is 5.82 Å². The minimum atomic E-state index is -4.51. The first-order valence-corrected chi connectivity index (χ1v) is 14.4. The van der Waals surface area contributed by atoms with Gasteiger partial charge in [-0.3, -0.25) is 14.3 Å². The van der Waals surface area contributed by atoms with E-state index in [4.69, 9.17) is 6.57 Å². The molecule has 228 valence electrons. The molecule has 0 saturated carbocycles. The molecule has 0 radical (unpaired) electrons. The molecule has 2 saturated heterocycles. The summed E-state index contributed by atoms with van der Waals surface area (Å²) in [5.74, 6) is 0.279. The summed E-state index contributed by atoms with van der Waals surface area (Å²) >= 11 is 0. The lowest BCUT2D eigenvalue weighted by atomic mass is 9.94. The summed E-state index contributed by atoms with van der Waals surface area (Å²) in [6, 6.07) is 6.63. The van der Waals surface area contributed by atoms with Crippen molar-refractivity contribution in [2.45, 2.75) is 63.5 Å². The molecule has 0 bridgehead atoms. The normalized spacial score (nSPS) is 22.1. The van der Waals surface area contributed by atoms with Crippen LogP contribution in [0.25, 0.3) is 15.9 Å². The molecule has 10 nitrogen and oxygen atoms in total. The second-order valence-corrected chi connectivity index (χ2v) is 11.1. The third kappa shape index (κ3) is 5.81. The fourth-order valence-corrected chi connectivity index (χ4v) is 6.17. The van der Waals surface area contributed by atoms with Gasteiger partial charge in [0.05, 0.1) is 17.2 Å². The molecule has 5 rings (SSSR count). The molecule has 3 aromatic rings. The van der Waals surface area contributed by atoms with Crippen molar-refractivity contribution < 1.29 is 23.1 Å². The van der Waals surface area contributed by atoms with Crippen molar-refractivity contribution >= 4 is 28.6 Å². The summed E-state index contributed by atoms with van der Waals surface area (Å²) in [6.07, 6.45) is -3.50. The molecule has 43 heavy (non-hydrogen) atoms. The van der Waals surface area contributed by atoms with Crippen LogP contribution in [0.4, 0.5) is 24.8 Å². The van der Waals surface area contributed by atoms with Crippen molar-refractivity contribution in [2.75, 3.05) is 31.1 Å². The number of alkyl halides is 3. The van der Waals surface area contributed by atoms with Crippen LogP contribution in [0.5, 0.6) is 0 Å². The van der Waals surface area contributed by atoms with Crippen molar-refractivity contribution in [1.82, 2.24) is 24.3 Å². The maximum absolute atomic E-state index is 14.1. The highest BCUT2D eigenvalue weighted by atomic mass is 19.4. The third-order valence-electron chi connectivity index (χ3n) is 8.58. The lowest BCUT2D eigenvalue weighted by Crippen LogP contribution is -2.61. The van der Waals surface area contributed by atoms with Crippen LogP contribution in [0.2, 0.25) is 0 Å². The molecule has 2 aromatic heterocycles. The van der Waals surface area contributed by atoms with Gasteiger partial charge >= 0.3 is 11.9 Å². The quantitative estimate of drug-likeness (QED) is 0.431. The van der Waals surface area contributed by atoms with E-state index >= 15 is 0 Å². The van der Waals surface area contributed by atoms with Gasteiger partial charge in [-0.2, -0.15) is 18.2 Å². The van der Waals surface area contributed by atoms with Gasteiger partial charge in [-0.25, -0.2) is 4.79 Å². The number of piperazine rings is 1. The Hall–Kier alpha value is -4.02. The predicted molar refractivity (Wildman–Crippen MR) is 155 cm³/mol. The van der Waals surface area contributed by atoms with Gasteiger partial charge in [0.15, 0.2) is 5.82 Å². The highest BCUT2D eigenvalue weighted by Crippen LogP contribution is 2.37. The Morgan fingerprint density at radius 3 is 2.35 bits per heavy atom. The smallest absolute Gasteiger partial charge is 0.391 e. The number of fused-ring (bicyclic) bond motifs is 1. The molecule has 4 heterocycles. The first-order valence-electron chi connectivity index (χ1n) is 14.4. The number of halogens is 3. The third-order valence-corrected chi connectivity index (χ3v) is 8.58. The number of amides is 1. The number of β-amino-alcohol motifs (C(OH)–C–C–N with tert-alkyl or cyclic N) is 1. The fraction of sp³-hybridized carbons (Fsp3) is 0.500. The van der Waals surface area contributed by atoms with Gasteiger partial charge in [0.1, 0.15) is 6.04 Å². The number of aliphatic hydroxyl groups excluding tert-OH is 1. The number of hydrogen-bond donors (Lipinski definition) is 1. The van der Waals surface area contributed by atoms with Crippen LogP contribution < -0.4 is 10.6 Å². The molecule has 2 fully saturated rings. The second-order valence-electron chi connectivity index (χ2n) is 11.1. The van der Waals surface area contributed by atoms with Crippen molar-refractivity contribution in [3.63, 3.8) is 0 Å². The Morgan fingerprint density at radius 1 is 1.07 bits per heavy atom. The van der Waals surface area contributed by atoms with Gasteiger partial charge in [0, 0.05) is 45.3 Å². The molecular weight excluding hydrogens is 563 g/mol. The van der Waals surface area contributed by atoms with E-state index in [9.17, 15) is 27.9 Å². The zero-order chi connectivity index (χ0) is 31.1. The Bertz CT molecular complexity index is 1600. The average molecular weight is 598 g/mol. The number of anilines is 1. The average Bonchev–Trinajstić information content (AvgIpc) is 3.44. The van der Waals surface area contributed by atoms with E-state index in [0.717, 1.165) is 12.1 Å². The van der Waals surface area contributed by atoms with E-state index in [1.165, 1.54) is 16.7 Å². The number of benzene rings is 1. The second kappa shape index (κ2) is 11.9. The van der Waals surface area contributed by atoms with Gasteiger partial charge in [-0.15, -0.1) is 4.98 Å². The molecule has 2 aliphatic heterocycles. The Labute approximate surface area is 247 Å². The van der Waals surface area contributed by atoms with Crippen molar-refractivity contribution in [3.8, 4) is 0 Å². The highest BCUT2D eigenvalue weighted by Gasteiger charge is 2.43. The summed E-state index contributed by atoms with van der Waals surface area (Å²) in [5.41, 5.74) is 0.159. The zero-order valence-electron chi connectivity index (χ0n) is 24.3. The van der Waals surface area contributed by atoms with Crippen molar-refractivity contribution in [3.05, 3.63) is 69.4 Å². The van der Waals surface area contributed by atoms with Crippen LogP contribution in [0.1, 0.15) is 50.3 Å². The minimum absolute atomic E-state index is 0.169. The van der Waals surface area contributed by atoms with E-state index in [0.29, 0.717) is 61.3 Å². The van der Waals surface area contributed by atoms with Gasteiger partial charge in [0.2, 0.25) is 11.4 Å². The molecule has 1 N–H and O–H groups in total. The van der Waals surface area contributed by atoms with E-state index in [2.05, 4.69) is 14.8 Å². The van der Waals surface area contributed by atoms with E-state index in [-0.39, 0.29) is 30.4 Å². The Kier molecular flexibility index (Phi) is 8.45. The number of aryl methyl sites for hydroxylation is 1. The number of likely N-dealkylation sites (tertiary alicyclic amines) is 1. The number of aromatic nitrogens is 3. The first kappa shape index (κ1) is 30.4. The number of carbonyl (C=O) groups is 1. The van der Waals surface area contributed by atoms with E-state index < -0.39 is 29.6 Å². The van der Waals surface area contributed by atoms with Gasteiger partial charge in [-0.05, 0) is 49.1 Å². The molecule has 0 aliphatic carbocycles. The van der Waals surface area contributed by atoms with Crippen LogP contribution in [0.15, 0.2) is 41.2 Å². The molecule has 0 spiro atoms. The van der Waals surface area contributed by atoms with Crippen LogP contribution in [-0.4, -0.2) is 79.7 Å². The largest absolute Gasteiger partial charge is 0.416 e. The fourth-order valence-electron chi connectivity index (χ4n) is 6.17. The van der Waals surface area contributed by atoms with E-state index in [1.807, 2.05) is 23.6 Å². The van der Waals surface area contributed by atoms with Gasteiger partial charge < -0.3 is 19.8 Å². The van der Waals surface area contributed by atoms with Crippen molar-refractivity contribution in [2.24, 2.45) is 7.05 Å². The minimum Gasteiger partial charge on any atom is -0.391 e. The van der Waals surface area contributed by atoms with Crippen LogP contribution in [0, 0.1) is 6.57 Å². The molecule has 1 aromatic carbocycles. The molecule has 13 heteroatoms. The number of hydrogen-bond acceptors (Lipinski definition) is 7. The van der Waals surface area contributed by atoms with Crippen LogP contribution in [0.3, 0.4) is 0 Å². The number of aliphatic hydroxyl groups is 1. The topological polar surface area (TPSA) is 99.2 Å². The lowest BCUT2D eigenvalue weighted by Gasteiger charge is -2.49. The summed E-state index contributed by atoms with van der Waals surface area (Å²) in [7, 11) is 1.60. The number of pyridine rings is 1. The van der Waals surface area contributed by atoms with Crippen molar-refractivity contribution in [1.29, 1.82) is 0 Å².